The van der Waals surface area contributed by atoms with Crippen LogP contribution in [-0.2, 0) is 17.8 Å². The molecule has 1 amide bonds. The number of nitrogens with one attached hydrogen (secondary N) is 1. The van der Waals surface area contributed by atoms with Gasteiger partial charge in [-0.15, -0.1) is 0 Å². The van der Waals surface area contributed by atoms with E-state index in [0.717, 1.165) is 28.3 Å². The van der Waals surface area contributed by atoms with Gasteiger partial charge in [0.15, 0.2) is 0 Å². The summed E-state index contributed by atoms with van der Waals surface area (Å²) in [5, 5.41) is 18.6. The quantitative estimate of drug-likeness (QED) is 0.343. The molecule has 0 saturated carbocycles. The summed E-state index contributed by atoms with van der Waals surface area (Å²) < 4.78 is 7.22. The molecule has 162 valence electrons. The number of hydrogen-bond acceptors (Lipinski definition) is 5. The molecule has 0 bridgehead atoms. The number of nitrogens with zero attached hydrogens (tertiary/aromatic N) is 3. The van der Waals surface area contributed by atoms with E-state index in [1.807, 2.05) is 56.4 Å². The minimum absolute atomic E-state index is 0.00121. The van der Waals surface area contributed by atoms with Crippen molar-refractivity contribution in [2.24, 2.45) is 0 Å². The molecular weight excluding hydrogens is 408 g/mol. The summed E-state index contributed by atoms with van der Waals surface area (Å²) >= 11 is 0. The van der Waals surface area contributed by atoms with Crippen LogP contribution in [0.15, 0.2) is 71.3 Å². The van der Waals surface area contributed by atoms with Crippen LogP contribution < -0.4 is 5.32 Å². The number of rotatable bonds is 7. The molecule has 0 saturated heterocycles. The Morgan fingerprint density at radius 1 is 1.09 bits per heavy atom. The zero-order chi connectivity index (χ0) is 22.7. The highest BCUT2D eigenvalue weighted by Gasteiger charge is 2.17. The summed E-state index contributed by atoms with van der Waals surface area (Å²) in [4.78, 5) is 23.3. The summed E-state index contributed by atoms with van der Waals surface area (Å²) in [6.45, 7) is 4.11. The van der Waals surface area contributed by atoms with Crippen molar-refractivity contribution in [2.45, 2.75) is 26.8 Å². The van der Waals surface area contributed by atoms with E-state index in [-0.39, 0.29) is 18.0 Å². The topological polar surface area (TPSA) is 103 Å². The Morgan fingerprint density at radius 3 is 2.44 bits per heavy atom. The van der Waals surface area contributed by atoms with E-state index in [1.165, 1.54) is 12.1 Å². The van der Waals surface area contributed by atoms with Gasteiger partial charge in [0.1, 0.15) is 11.5 Å². The largest absolute Gasteiger partial charge is 0.466 e. The number of benzene rings is 2. The van der Waals surface area contributed by atoms with Crippen LogP contribution in [0.1, 0.15) is 22.6 Å². The predicted octanol–water partition coefficient (Wildman–Crippen LogP) is 4.52. The molecule has 2 heterocycles. The first-order valence-corrected chi connectivity index (χ1v) is 10.1. The highest BCUT2D eigenvalue weighted by molar-refractivity contribution is 5.81. The average molecular weight is 430 g/mol. The lowest BCUT2D eigenvalue weighted by Gasteiger charge is -2.05. The molecule has 0 fully saturated rings. The maximum absolute atomic E-state index is 12.7. The van der Waals surface area contributed by atoms with Crippen molar-refractivity contribution in [1.82, 2.24) is 15.1 Å². The fourth-order valence-corrected chi connectivity index (χ4v) is 3.52. The third-order valence-corrected chi connectivity index (χ3v) is 5.13. The number of nitro benzene ring substituents is 1. The second-order valence-electron chi connectivity index (χ2n) is 7.48. The van der Waals surface area contributed by atoms with Gasteiger partial charge in [0.2, 0.25) is 5.91 Å². The fraction of sp³-hybridized carbons (Fsp3) is 0.167. The number of aryl methyl sites for hydroxylation is 2. The van der Waals surface area contributed by atoms with Crippen LogP contribution in [0, 0.1) is 24.0 Å². The molecule has 2 aromatic carbocycles. The van der Waals surface area contributed by atoms with E-state index in [1.54, 1.807) is 16.8 Å². The number of carbonyl (C=O) groups excluding carboxylic acids is 1. The molecule has 4 aromatic rings. The minimum atomic E-state index is -0.444. The molecule has 0 aliphatic rings. The number of para-hydroxylation sites is 1. The average Bonchev–Trinajstić information content (AvgIpc) is 3.35. The number of furan rings is 1. The van der Waals surface area contributed by atoms with E-state index in [4.69, 9.17) is 4.42 Å². The van der Waals surface area contributed by atoms with Crippen LogP contribution in [-0.4, -0.2) is 20.6 Å². The van der Waals surface area contributed by atoms with Gasteiger partial charge in [0.05, 0.1) is 22.7 Å². The van der Waals surface area contributed by atoms with Crippen molar-refractivity contribution in [3.8, 4) is 16.9 Å². The molecule has 0 spiro atoms. The number of hydrogen-bond donors (Lipinski definition) is 1. The van der Waals surface area contributed by atoms with E-state index < -0.39 is 4.92 Å². The van der Waals surface area contributed by atoms with Crippen LogP contribution >= 0.6 is 0 Å². The molecule has 4 rings (SSSR count). The highest BCUT2D eigenvalue weighted by atomic mass is 16.6. The molecule has 2 aromatic heterocycles. The van der Waals surface area contributed by atoms with Crippen LogP contribution in [0.2, 0.25) is 0 Å². The predicted molar refractivity (Wildman–Crippen MR) is 119 cm³/mol. The normalized spacial score (nSPS) is 10.8. The lowest BCUT2D eigenvalue weighted by molar-refractivity contribution is -0.384. The van der Waals surface area contributed by atoms with Crippen molar-refractivity contribution in [1.29, 1.82) is 0 Å². The zero-order valence-electron chi connectivity index (χ0n) is 17.7. The Morgan fingerprint density at radius 2 is 1.81 bits per heavy atom. The van der Waals surface area contributed by atoms with Gasteiger partial charge in [-0.3, -0.25) is 14.9 Å². The number of nitro groups is 1. The van der Waals surface area contributed by atoms with Gasteiger partial charge in [-0.25, -0.2) is 4.68 Å². The number of non-ortho nitro benzene ring substituents is 1. The summed E-state index contributed by atoms with van der Waals surface area (Å²) in [5.74, 6) is 1.43. The van der Waals surface area contributed by atoms with Gasteiger partial charge in [-0.05, 0) is 44.2 Å². The zero-order valence-corrected chi connectivity index (χ0v) is 17.7. The van der Waals surface area contributed by atoms with E-state index >= 15 is 0 Å². The second kappa shape index (κ2) is 8.89. The Bertz CT molecular complexity index is 1260. The summed E-state index contributed by atoms with van der Waals surface area (Å²) in [5.41, 5.74) is 3.82. The number of amides is 1. The molecular formula is C24H22N4O4. The Kier molecular flexibility index (Phi) is 5.85. The van der Waals surface area contributed by atoms with Crippen LogP contribution in [0.25, 0.3) is 16.9 Å². The first-order chi connectivity index (χ1) is 15.4. The molecule has 0 aliphatic heterocycles. The smallest absolute Gasteiger partial charge is 0.269 e. The molecule has 8 nitrogen and oxygen atoms in total. The lowest BCUT2D eigenvalue weighted by atomic mass is 10.1. The summed E-state index contributed by atoms with van der Waals surface area (Å²) in [7, 11) is 0. The number of aromatic nitrogens is 2. The van der Waals surface area contributed by atoms with Gasteiger partial charge in [0.25, 0.3) is 5.69 Å². The Hall–Kier alpha value is -4.20. The summed E-state index contributed by atoms with van der Waals surface area (Å²) in [6, 6.07) is 17.6. The molecule has 32 heavy (non-hydrogen) atoms. The van der Waals surface area contributed by atoms with Crippen molar-refractivity contribution < 1.29 is 14.1 Å². The SMILES string of the molecule is Cc1cc(CNC(=O)Cc2cn(-c3ccccc3)nc2-c2ccc([N+](=O)[O-])cc2)c(C)o1. The lowest BCUT2D eigenvalue weighted by Crippen LogP contribution is -2.24. The molecule has 0 aliphatic carbocycles. The first kappa shape index (κ1) is 21.0. The molecule has 0 unspecified atom stereocenters. The molecule has 0 atom stereocenters. The van der Waals surface area contributed by atoms with Gasteiger partial charge in [-0.1, -0.05) is 18.2 Å². The van der Waals surface area contributed by atoms with Gasteiger partial charge in [-0.2, -0.15) is 5.10 Å². The van der Waals surface area contributed by atoms with Crippen molar-refractivity contribution >= 4 is 11.6 Å². The third kappa shape index (κ3) is 4.59. The van der Waals surface area contributed by atoms with Crippen molar-refractivity contribution in [3.63, 3.8) is 0 Å². The monoisotopic (exact) mass is 430 g/mol. The van der Waals surface area contributed by atoms with Gasteiger partial charge < -0.3 is 9.73 Å². The van der Waals surface area contributed by atoms with E-state index in [9.17, 15) is 14.9 Å². The Balaban J connectivity index is 1.60. The minimum Gasteiger partial charge on any atom is -0.466 e. The third-order valence-electron chi connectivity index (χ3n) is 5.13. The highest BCUT2D eigenvalue weighted by Crippen LogP contribution is 2.26. The standard InChI is InChI=1S/C24H22N4O4/c1-16-12-19(17(2)32-16)14-25-23(29)13-20-15-27(21-6-4-3-5-7-21)26-24(20)18-8-10-22(11-9-18)28(30)31/h3-12,15H,13-14H2,1-2H3,(H,25,29). The molecule has 1 N–H and O–H groups in total. The number of carbonyl (C=O) groups is 1. The van der Waals surface area contributed by atoms with E-state index in [2.05, 4.69) is 10.4 Å². The second-order valence-corrected chi connectivity index (χ2v) is 7.48. The van der Waals surface area contributed by atoms with E-state index in [0.29, 0.717) is 17.8 Å². The molecule has 0 radical (unpaired) electrons. The van der Waals surface area contributed by atoms with Crippen LogP contribution in [0.5, 0.6) is 0 Å². The van der Waals surface area contributed by atoms with Crippen molar-refractivity contribution in [2.75, 3.05) is 0 Å². The maximum atomic E-state index is 12.7. The maximum Gasteiger partial charge on any atom is 0.269 e. The molecule has 8 heteroatoms. The summed E-state index contributed by atoms with van der Waals surface area (Å²) in [6.07, 6.45) is 1.94. The van der Waals surface area contributed by atoms with Crippen molar-refractivity contribution in [3.05, 3.63) is 99.6 Å². The van der Waals surface area contributed by atoms with Gasteiger partial charge in [0, 0.05) is 41.6 Å². The van der Waals surface area contributed by atoms with Crippen LogP contribution in [0.3, 0.4) is 0 Å². The van der Waals surface area contributed by atoms with Crippen LogP contribution in [0.4, 0.5) is 5.69 Å². The fourth-order valence-electron chi connectivity index (χ4n) is 3.52. The first-order valence-electron chi connectivity index (χ1n) is 10.1. The Labute approximate surface area is 184 Å². The van der Waals surface area contributed by atoms with Gasteiger partial charge >= 0.3 is 0 Å².